The van der Waals surface area contributed by atoms with Crippen LogP contribution in [0.4, 0.5) is 0 Å². The largest absolute Gasteiger partial charge is 0.748 e. The molecule has 0 aliphatic heterocycles. The summed E-state index contributed by atoms with van der Waals surface area (Å²) in [5.74, 6) is 0. The van der Waals surface area contributed by atoms with Gasteiger partial charge in [0.15, 0.2) is 0 Å². The van der Waals surface area contributed by atoms with Gasteiger partial charge in [0.05, 0.1) is 0 Å². The molecule has 2 aromatic carbocycles. The second-order valence-electron chi connectivity index (χ2n) is 9.00. The first-order chi connectivity index (χ1) is 12.0. The van der Waals surface area contributed by atoms with Gasteiger partial charge in [0.25, 0.3) is 0 Å². The topological polar surface area (TPSA) is 0 Å². The van der Waals surface area contributed by atoms with Crippen LogP contribution >= 0.6 is 17.2 Å². The molecule has 3 heteroatoms. The van der Waals surface area contributed by atoms with Crippen LogP contribution in [-0.2, 0) is 23.5 Å². The van der Waals surface area contributed by atoms with Crippen molar-refractivity contribution < 1.29 is 17.1 Å². The van der Waals surface area contributed by atoms with Gasteiger partial charge in [-0.05, 0) is 29.3 Å². The Morgan fingerprint density at radius 3 is 1.67 bits per heavy atom. The van der Waals surface area contributed by atoms with E-state index in [9.17, 15) is 0 Å². The smallest absolute Gasteiger partial charge is 0 e. The molecular formula is C24H42FeP2-6. The zero-order valence-corrected chi connectivity index (χ0v) is 22.0. The van der Waals surface area contributed by atoms with E-state index in [-0.39, 0.29) is 25.0 Å². The molecule has 2 aromatic rings. The second kappa shape index (κ2) is 15.0. The molecule has 0 aliphatic carbocycles. The third kappa shape index (κ3) is 17.9. The van der Waals surface area contributed by atoms with E-state index in [1.807, 2.05) is 30.3 Å². The van der Waals surface area contributed by atoms with E-state index in [1.165, 1.54) is 25.2 Å². The summed E-state index contributed by atoms with van der Waals surface area (Å²) in [5, 5.41) is 2.09. The summed E-state index contributed by atoms with van der Waals surface area (Å²) in [6.45, 7) is 18.1. The Bertz CT molecular complexity index is 514. The first-order valence-corrected chi connectivity index (χ1v) is 12.2. The maximum Gasteiger partial charge on any atom is 0 e. The molecule has 162 valence electrons. The van der Waals surface area contributed by atoms with Crippen molar-refractivity contribution in [2.45, 2.75) is 73.4 Å². The molecule has 0 aromatic heterocycles. The van der Waals surface area contributed by atoms with Gasteiger partial charge in [-0.2, -0.15) is 11.6 Å². The number of hydrogen-bond donors (Lipinski definition) is 0. The molecular weight excluding hydrogens is 406 g/mol. The Kier molecular flexibility index (Phi) is 16.3. The Labute approximate surface area is 184 Å². The van der Waals surface area contributed by atoms with Crippen molar-refractivity contribution in [2.75, 3.05) is 12.3 Å². The fourth-order valence-electron chi connectivity index (χ4n) is 2.36. The molecule has 27 heavy (non-hydrogen) atoms. The third-order valence-electron chi connectivity index (χ3n) is 3.68. The van der Waals surface area contributed by atoms with E-state index in [2.05, 4.69) is 82.8 Å². The molecule has 0 radical (unpaired) electrons. The molecule has 0 saturated carbocycles. The van der Waals surface area contributed by atoms with Gasteiger partial charge in [-0.25, -0.2) is 12.1 Å². The van der Waals surface area contributed by atoms with Gasteiger partial charge < -0.3 is 30.3 Å². The normalized spacial score (nSPS) is 11.0. The SMILES string of the molecule is CC(C)(C)P.CCP(CC)[c-]1cccc1CCC(C)(C)C.[Fe].[cH-]1[cH-][cH-][cH-][cH-]1. The Morgan fingerprint density at radius 1 is 0.926 bits per heavy atom. The summed E-state index contributed by atoms with van der Waals surface area (Å²) in [6, 6.07) is 16.9. The minimum Gasteiger partial charge on any atom is -0.748 e. The van der Waals surface area contributed by atoms with Crippen LogP contribution in [0.1, 0.15) is 67.4 Å². The van der Waals surface area contributed by atoms with Crippen LogP contribution in [-0.4, -0.2) is 17.5 Å². The third-order valence-corrected chi connectivity index (χ3v) is 6.33. The van der Waals surface area contributed by atoms with Gasteiger partial charge in [0, 0.05) is 17.1 Å². The number of hydrogen-bond acceptors (Lipinski definition) is 0. The quantitative estimate of drug-likeness (QED) is 0.251. The molecule has 0 aliphatic rings. The van der Waals surface area contributed by atoms with Crippen LogP contribution in [0, 0.1) is 5.41 Å². The first kappa shape index (κ1) is 29.3. The molecule has 0 fully saturated rings. The molecule has 2 rings (SSSR count). The summed E-state index contributed by atoms with van der Waals surface area (Å²) in [7, 11) is 2.83. The summed E-state index contributed by atoms with van der Waals surface area (Å²) in [4.78, 5) is 0. The van der Waals surface area contributed by atoms with Crippen molar-refractivity contribution in [3.05, 3.63) is 54.1 Å². The van der Waals surface area contributed by atoms with Gasteiger partial charge in [0.2, 0.25) is 0 Å². The van der Waals surface area contributed by atoms with Gasteiger partial charge in [-0.1, -0.05) is 61.8 Å². The molecule has 1 atom stereocenters. The van der Waals surface area contributed by atoms with E-state index >= 15 is 0 Å². The first-order valence-electron chi connectivity index (χ1n) is 9.93. The Morgan fingerprint density at radius 2 is 1.33 bits per heavy atom. The van der Waals surface area contributed by atoms with Gasteiger partial charge >= 0.3 is 0 Å². The van der Waals surface area contributed by atoms with Crippen molar-refractivity contribution in [2.24, 2.45) is 5.41 Å². The van der Waals surface area contributed by atoms with Crippen LogP contribution in [0.5, 0.6) is 0 Å². The second-order valence-corrected chi connectivity index (χ2v) is 13.6. The monoisotopic (exact) mass is 448 g/mol. The summed E-state index contributed by atoms with van der Waals surface area (Å²) in [6.07, 6.45) is 5.21. The molecule has 0 saturated heterocycles. The predicted molar refractivity (Wildman–Crippen MR) is 129 cm³/mol. The van der Waals surface area contributed by atoms with Crippen LogP contribution in [0.15, 0.2) is 48.5 Å². The van der Waals surface area contributed by atoms with E-state index in [0.29, 0.717) is 10.6 Å². The molecule has 0 bridgehead atoms. The Balaban J connectivity index is 0. The Hall–Kier alpha value is 0.0795. The van der Waals surface area contributed by atoms with Gasteiger partial charge in [-0.3, -0.25) is 0 Å². The van der Waals surface area contributed by atoms with Crippen molar-refractivity contribution in [1.29, 1.82) is 0 Å². The maximum absolute atomic E-state index is 2.72. The average Bonchev–Trinajstić information content (AvgIpc) is 3.19. The average molecular weight is 448 g/mol. The predicted octanol–water partition coefficient (Wildman–Crippen LogP) is 7.59. The van der Waals surface area contributed by atoms with Crippen molar-refractivity contribution in [1.82, 2.24) is 0 Å². The molecule has 0 amide bonds. The van der Waals surface area contributed by atoms with Crippen LogP contribution in [0.3, 0.4) is 0 Å². The summed E-state index contributed by atoms with van der Waals surface area (Å²) < 4.78 is 0. The van der Waals surface area contributed by atoms with Gasteiger partial charge in [0.1, 0.15) is 0 Å². The zero-order chi connectivity index (χ0) is 20.2. The maximum atomic E-state index is 2.72. The summed E-state index contributed by atoms with van der Waals surface area (Å²) >= 11 is 0. The molecule has 0 nitrogen and oxygen atoms in total. The minimum absolute atomic E-state index is 0. The molecule has 0 N–H and O–H groups in total. The standard InChI is InChI=1S/C15H26P.C5H5.C4H11P.Fe/c1-6-16(7-2)14-10-8-9-13(14)11-12-15(3,4)5;1-2-4-5-3-1;1-4(2,3)5;/h8-10H,6-7,11-12H2,1-5H3;1-5H;5H2,1-3H3;/q-1;-5;;. The number of rotatable bonds is 5. The van der Waals surface area contributed by atoms with E-state index in [1.54, 1.807) is 10.9 Å². The fraction of sp³-hybridized carbons (Fsp3) is 0.583. The minimum atomic E-state index is 0. The molecule has 0 heterocycles. The molecule has 1 unspecified atom stereocenters. The van der Waals surface area contributed by atoms with E-state index < -0.39 is 0 Å². The fourth-order valence-corrected chi connectivity index (χ4v) is 4.38. The molecule has 0 spiro atoms. The summed E-state index contributed by atoms with van der Waals surface area (Å²) in [5.41, 5.74) is 2.07. The van der Waals surface area contributed by atoms with Crippen molar-refractivity contribution >= 4 is 22.5 Å². The van der Waals surface area contributed by atoms with Crippen LogP contribution in [0.2, 0.25) is 0 Å². The zero-order valence-electron chi connectivity index (χ0n) is 18.8. The van der Waals surface area contributed by atoms with Crippen LogP contribution in [0.25, 0.3) is 0 Å². The van der Waals surface area contributed by atoms with E-state index in [4.69, 9.17) is 0 Å². The van der Waals surface area contributed by atoms with Gasteiger partial charge in [-0.15, -0.1) is 22.5 Å². The van der Waals surface area contributed by atoms with Crippen LogP contribution < -0.4 is 5.30 Å². The van der Waals surface area contributed by atoms with Crippen molar-refractivity contribution in [3.8, 4) is 0 Å². The van der Waals surface area contributed by atoms with E-state index in [0.717, 1.165) is 0 Å². The van der Waals surface area contributed by atoms with Crippen molar-refractivity contribution in [3.63, 3.8) is 0 Å². The number of aryl methyl sites for hydroxylation is 1.